The summed E-state index contributed by atoms with van der Waals surface area (Å²) in [5.41, 5.74) is -0.184. The first-order valence-electron chi connectivity index (χ1n) is 2.94. The molecule has 0 fully saturated rings. The van der Waals surface area contributed by atoms with Crippen LogP contribution in [0.1, 0.15) is 13.8 Å². The Hall–Kier alpha value is 0.730. The van der Waals surface area contributed by atoms with Crippen LogP contribution in [-0.4, -0.2) is 23.4 Å². The van der Waals surface area contributed by atoms with Gasteiger partial charge in [0.05, 0.1) is 11.5 Å². The molecule has 0 saturated heterocycles. The second-order valence-electron chi connectivity index (χ2n) is 2.15. The van der Waals surface area contributed by atoms with Crippen molar-refractivity contribution in [2.75, 3.05) is 17.8 Å². The predicted molar refractivity (Wildman–Crippen MR) is 44.5 cm³/mol. The number of halogens is 2. The van der Waals surface area contributed by atoms with E-state index in [0.717, 1.165) is 11.9 Å². The Bertz CT molecular complexity index is 73.5. The minimum atomic E-state index is -0.184. The molecular formula is C6H12BrClO. The van der Waals surface area contributed by atoms with Crippen molar-refractivity contribution < 1.29 is 4.74 Å². The molecule has 0 aromatic heterocycles. The standard InChI is InChI=1S/C6H12BrClO/c1-3-9-6(2,4-7)5-8/h3-5H2,1-2H3. The molecule has 0 bridgehead atoms. The minimum Gasteiger partial charge on any atom is -0.373 e. The molecule has 0 aromatic carbocycles. The number of hydrogen-bond acceptors (Lipinski definition) is 1. The molecule has 0 aliphatic heterocycles. The Morgan fingerprint density at radius 2 is 2.22 bits per heavy atom. The van der Waals surface area contributed by atoms with Gasteiger partial charge in [-0.1, -0.05) is 15.9 Å². The van der Waals surface area contributed by atoms with Crippen LogP contribution < -0.4 is 0 Å². The molecule has 1 atom stereocenters. The van der Waals surface area contributed by atoms with Crippen molar-refractivity contribution in [3.8, 4) is 0 Å². The van der Waals surface area contributed by atoms with E-state index in [9.17, 15) is 0 Å². The molecule has 56 valence electrons. The summed E-state index contributed by atoms with van der Waals surface area (Å²) >= 11 is 8.96. The summed E-state index contributed by atoms with van der Waals surface area (Å²) in [7, 11) is 0. The summed E-state index contributed by atoms with van der Waals surface area (Å²) in [6.45, 7) is 4.67. The molecule has 0 spiro atoms. The summed E-state index contributed by atoms with van der Waals surface area (Å²) in [5, 5.41) is 0.789. The van der Waals surface area contributed by atoms with E-state index in [4.69, 9.17) is 16.3 Å². The highest BCUT2D eigenvalue weighted by atomic mass is 79.9. The summed E-state index contributed by atoms with van der Waals surface area (Å²) in [6, 6.07) is 0. The average Bonchev–Trinajstić information content (AvgIpc) is 1.89. The van der Waals surface area contributed by atoms with Gasteiger partial charge in [0, 0.05) is 11.9 Å². The first-order valence-corrected chi connectivity index (χ1v) is 4.60. The Morgan fingerprint density at radius 3 is 2.33 bits per heavy atom. The van der Waals surface area contributed by atoms with Crippen LogP contribution in [0.4, 0.5) is 0 Å². The second kappa shape index (κ2) is 4.53. The molecule has 0 radical (unpaired) electrons. The highest BCUT2D eigenvalue weighted by Gasteiger charge is 2.20. The lowest BCUT2D eigenvalue weighted by Gasteiger charge is -2.23. The number of alkyl halides is 2. The minimum absolute atomic E-state index is 0.184. The van der Waals surface area contributed by atoms with Gasteiger partial charge >= 0.3 is 0 Å². The average molecular weight is 216 g/mol. The number of rotatable bonds is 4. The molecule has 0 saturated carbocycles. The third-order valence-corrected chi connectivity index (χ3v) is 2.81. The molecule has 1 unspecified atom stereocenters. The Labute approximate surface area is 69.8 Å². The summed E-state index contributed by atoms with van der Waals surface area (Å²) in [5.74, 6) is 0.534. The van der Waals surface area contributed by atoms with Gasteiger partial charge in [-0.25, -0.2) is 0 Å². The zero-order valence-corrected chi connectivity index (χ0v) is 8.13. The van der Waals surface area contributed by atoms with Gasteiger partial charge in [-0.15, -0.1) is 11.6 Å². The fourth-order valence-corrected chi connectivity index (χ4v) is 1.22. The van der Waals surface area contributed by atoms with Crippen LogP contribution in [0.25, 0.3) is 0 Å². The zero-order chi connectivity index (χ0) is 7.33. The van der Waals surface area contributed by atoms with Gasteiger partial charge in [0.15, 0.2) is 0 Å². The lowest BCUT2D eigenvalue weighted by molar-refractivity contribution is 0.0129. The fraction of sp³-hybridized carbons (Fsp3) is 1.00. The van der Waals surface area contributed by atoms with Crippen molar-refractivity contribution in [2.45, 2.75) is 19.4 Å². The van der Waals surface area contributed by atoms with E-state index in [1.54, 1.807) is 0 Å². The third kappa shape index (κ3) is 3.43. The van der Waals surface area contributed by atoms with Gasteiger partial charge in [0.2, 0.25) is 0 Å². The molecule has 0 heterocycles. The van der Waals surface area contributed by atoms with Crippen molar-refractivity contribution in [3.63, 3.8) is 0 Å². The largest absolute Gasteiger partial charge is 0.373 e. The SMILES string of the molecule is CCOC(C)(CCl)CBr. The van der Waals surface area contributed by atoms with Crippen molar-refractivity contribution in [1.29, 1.82) is 0 Å². The Balaban J connectivity index is 3.62. The van der Waals surface area contributed by atoms with Gasteiger partial charge < -0.3 is 4.74 Å². The number of ether oxygens (including phenoxy) is 1. The van der Waals surface area contributed by atoms with E-state index in [1.807, 2.05) is 13.8 Å². The Morgan fingerprint density at radius 1 is 1.67 bits per heavy atom. The van der Waals surface area contributed by atoms with Crippen molar-refractivity contribution in [1.82, 2.24) is 0 Å². The molecule has 0 N–H and O–H groups in total. The highest BCUT2D eigenvalue weighted by molar-refractivity contribution is 9.09. The van der Waals surface area contributed by atoms with E-state index in [-0.39, 0.29) is 5.60 Å². The van der Waals surface area contributed by atoms with Gasteiger partial charge in [-0.2, -0.15) is 0 Å². The maximum absolute atomic E-state index is 5.63. The van der Waals surface area contributed by atoms with E-state index in [1.165, 1.54) is 0 Å². The Kier molecular flexibility index (Phi) is 4.90. The van der Waals surface area contributed by atoms with Gasteiger partial charge in [-0.3, -0.25) is 0 Å². The quantitative estimate of drug-likeness (QED) is 0.655. The first kappa shape index (κ1) is 9.73. The summed E-state index contributed by atoms with van der Waals surface area (Å²) in [6.07, 6.45) is 0. The van der Waals surface area contributed by atoms with E-state index in [2.05, 4.69) is 15.9 Å². The highest BCUT2D eigenvalue weighted by Crippen LogP contribution is 2.14. The fourth-order valence-electron chi connectivity index (χ4n) is 0.461. The van der Waals surface area contributed by atoms with Crippen molar-refractivity contribution in [3.05, 3.63) is 0 Å². The lowest BCUT2D eigenvalue weighted by Crippen LogP contribution is -2.32. The van der Waals surface area contributed by atoms with Crippen molar-refractivity contribution >= 4 is 27.5 Å². The molecule has 3 heteroatoms. The summed E-state index contributed by atoms with van der Waals surface area (Å²) < 4.78 is 5.35. The number of hydrogen-bond donors (Lipinski definition) is 0. The van der Waals surface area contributed by atoms with E-state index < -0.39 is 0 Å². The monoisotopic (exact) mass is 214 g/mol. The molecular weight excluding hydrogens is 203 g/mol. The van der Waals surface area contributed by atoms with Crippen LogP contribution in [-0.2, 0) is 4.74 Å². The predicted octanol–water partition coefficient (Wildman–Crippen LogP) is 2.42. The van der Waals surface area contributed by atoms with Crippen LogP contribution in [0, 0.1) is 0 Å². The lowest BCUT2D eigenvalue weighted by atomic mass is 10.2. The second-order valence-corrected chi connectivity index (χ2v) is 2.98. The van der Waals surface area contributed by atoms with E-state index >= 15 is 0 Å². The summed E-state index contributed by atoms with van der Waals surface area (Å²) in [4.78, 5) is 0. The van der Waals surface area contributed by atoms with Crippen LogP contribution in [0.3, 0.4) is 0 Å². The molecule has 0 amide bonds. The van der Waals surface area contributed by atoms with Crippen LogP contribution in [0.5, 0.6) is 0 Å². The van der Waals surface area contributed by atoms with Crippen LogP contribution in [0.15, 0.2) is 0 Å². The molecule has 9 heavy (non-hydrogen) atoms. The zero-order valence-electron chi connectivity index (χ0n) is 5.79. The van der Waals surface area contributed by atoms with Crippen LogP contribution >= 0.6 is 27.5 Å². The normalized spacial score (nSPS) is 17.3. The van der Waals surface area contributed by atoms with Crippen LogP contribution in [0.2, 0.25) is 0 Å². The molecule has 0 aliphatic rings. The molecule has 0 aromatic rings. The van der Waals surface area contributed by atoms with E-state index in [0.29, 0.717) is 5.88 Å². The maximum Gasteiger partial charge on any atom is 0.0885 e. The smallest absolute Gasteiger partial charge is 0.0885 e. The van der Waals surface area contributed by atoms with Gasteiger partial charge in [0.25, 0.3) is 0 Å². The van der Waals surface area contributed by atoms with Gasteiger partial charge in [-0.05, 0) is 13.8 Å². The third-order valence-electron chi connectivity index (χ3n) is 1.06. The molecule has 0 rings (SSSR count). The maximum atomic E-state index is 5.63. The molecule has 1 nitrogen and oxygen atoms in total. The topological polar surface area (TPSA) is 9.23 Å². The molecule has 0 aliphatic carbocycles. The van der Waals surface area contributed by atoms with Crippen molar-refractivity contribution in [2.24, 2.45) is 0 Å². The first-order chi connectivity index (χ1) is 4.18. The van der Waals surface area contributed by atoms with Gasteiger partial charge in [0.1, 0.15) is 0 Å².